The first-order valence-corrected chi connectivity index (χ1v) is 7.09. The van der Waals surface area contributed by atoms with Gasteiger partial charge in [-0.25, -0.2) is 0 Å². The van der Waals surface area contributed by atoms with E-state index in [9.17, 15) is 9.59 Å². The molecule has 1 aromatic carbocycles. The van der Waals surface area contributed by atoms with Crippen molar-refractivity contribution in [2.24, 2.45) is 0 Å². The summed E-state index contributed by atoms with van der Waals surface area (Å²) < 4.78 is 10.4. The van der Waals surface area contributed by atoms with Crippen LogP contribution in [-0.2, 0) is 9.53 Å². The fourth-order valence-electron chi connectivity index (χ4n) is 1.77. The maximum absolute atomic E-state index is 11.8. The lowest BCUT2D eigenvalue weighted by atomic mass is 10.1. The zero-order valence-corrected chi connectivity index (χ0v) is 12.2. The second-order valence-corrected chi connectivity index (χ2v) is 4.46. The molecule has 0 fully saturated rings. The Labute approximate surface area is 120 Å². The van der Waals surface area contributed by atoms with E-state index >= 15 is 0 Å². The Kier molecular flexibility index (Phi) is 7.40. The van der Waals surface area contributed by atoms with E-state index in [1.54, 1.807) is 19.1 Å². The summed E-state index contributed by atoms with van der Waals surface area (Å²) in [4.78, 5) is 22.9. The third-order valence-electron chi connectivity index (χ3n) is 2.73. The van der Waals surface area contributed by atoms with Gasteiger partial charge in [0.25, 0.3) is 0 Å². The van der Waals surface area contributed by atoms with E-state index < -0.39 is 0 Å². The lowest BCUT2D eigenvalue weighted by Gasteiger charge is -2.07. The highest BCUT2D eigenvalue weighted by Gasteiger charge is 2.06. The molecule has 0 saturated carbocycles. The van der Waals surface area contributed by atoms with Crippen LogP contribution in [0.2, 0.25) is 0 Å². The molecule has 0 heterocycles. The molecule has 0 aliphatic heterocycles. The lowest BCUT2D eigenvalue weighted by Crippen LogP contribution is -2.07. The Balaban J connectivity index is 2.39. The topological polar surface area (TPSA) is 52.6 Å². The highest BCUT2D eigenvalue weighted by molar-refractivity contribution is 5.96. The third kappa shape index (κ3) is 5.87. The molecule has 4 heteroatoms. The molecule has 0 saturated heterocycles. The van der Waals surface area contributed by atoms with Crippen LogP contribution in [0.1, 0.15) is 49.9 Å². The smallest absolute Gasteiger partial charge is 0.305 e. The van der Waals surface area contributed by atoms with E-state index in [1.165, 1.54) is 0 Å². The molecule has 0 bridgehead atoms. The summed E-state index contributed by atoms with van der Waals surface area (Å²) >= 11 is 0. The maximum atomic E-state index is 11.8. The molecule has 0 radical (unpaired) electrons. The summed E-state index contributed by atoms with van der Waals surface area (Å²) in [5.74, 6) is 0.586. The van der Waals surface area contributed by atoms with Gasteiger partial charge >= 0.3 is 5.97 Å². The molecule has 0 N–H and O–H groups in total. The van der Waals surface area contributed by atoms with E-state index in [0.717, 1.165) is 6.42 Å². The highest BCUT2D eigenvalue weighted by atomic mass is 16.5. The first-order valence-electron chi connectivity index (χ1n) is 7.09. The average Bonchev–Trinajstić information content (AvgIpc) is 2.44. The van der Waals surface area contributed by atoms with Crippen LogP contribution in [0, 0.1) is 0 Å². The standard InChI is InChI=1S/C16H22O4/c1-3-7-15(17)13-8-5-9-14(12-13)20-11-6-10-16(18)19-4-2/h5,8-9,12H,3-4,6-7,10-11H2,1-2H3. The molecule has 0 aliphatic carbocycles. The van der Waals surface area contributed by atoms with Gasteiger partial charge in [0, 0.05) is 18.4 Å². The van der Waals surface area contributed by atoms with Gasteiger partial charge in [-0.1, -0.05) is 19.1 Å². The fraction of sp³-hybridized carbons (Fsp3) is 0.500. The summed E-state index contributed by atoms with van der Waals surface area (Å²) in [6, 6.07) is 7.17. The van der Waals surface area contributed by atoms with E-state index in [1.807, 2.05) is 19.1 Å². The number of ketones is 1. The van der Waals surface area contributed by atoms with E-state index in [0.29, 0.717) is 43.8 Å². The third-order valence-corrected chi connectivity index (χ3v) is 2.73. The molecule has 20 heavy (non-hydrogen) atoms. The maximum Gasteiger partial charge on any atom is 0.305 e. The van der Waals surface area contributed by atoms with Crippen molar-refractivity contribution in [3.8, 4) is 5.75 Å². The van der Waals surface area contributed by atoms with Crippen molar-refractivity contribution in [2.75, 3.05) is 13.2 Å². The molecule has 0 spiro atoms. The second kappa shape index (κ2) is 9.13. The minimum absolute atomic E-state index is 0.129. The minimum Gasteiger partial charge on any atom is -0.494 e. The van der Waals surface area contributed by atoms with Gasteiger partial charge in [0.15, 0.2) is 5.78 Å². The van der Waals surface area contributed by atoms with Crippen LogP contribution in [0.15, 0.2) is 24.3 Å². The van der Waals surface area contributed by atoms with Crippen LogP contribution in [0.3, 0.4) is 0 Å². The number of esters is 1. The Morgan fingerprint density at radius 2 is 1.95 bits per heavy atom. The second-order valence-electron chi connectivity index (χ2n) is 4.46. The van der Waals surface area contributed by atoms with Gasteiger partial charge in [-0.3, -0.25) is 9.59 Å². The summed E-state index contributed by atoms with van der Waals surface area (Å²) in [5, 5.41) is 0. The van der Waals surface area contributed by atoms with Gasteiger partial charge in [-0.05, 0) is 31.9 Å². The van der Waals surface area contributed by atoms with Crippen LogP contribution < -0.4 is 4.74 Å². The first kappa shape index (κ1) is 16.2. The Bertz CT molecular complexity index is 440. The normalized spacial score (nSPS) is 10.1. The number of hydrogen-bond acceptors (Lipinski definition) is 4. The molecule has 1 rings (SSSR count). The molecule has 0 atom stereocenters. The first-order chi connectivity index (χ1) is 9.67. The molecule has 0 unspecified atom stereocenters. The number of rotatable bonds is 9. The summed E-state index contributed by atoms with van der Waals surface area (Å²) in [6.07, 6.45) is 2.34. The van der Waals surface area contributed by atoms with E-state index in [2.05, 4.69) is 0 Å². The number of carbonyl (C=O) groups excluding carboxylic acids is 2. The van der Waals surface area contributed by atoms with Crippen LogP contribution >= 0.6 is 0 Å². The van der Waals surface area contributed by atoms with Gasteiger partial charge in [0.1, 0.15) is 5.75 Å². The lowest BCUT2D eigenvalue weighted by molar-refractivity contribution is -0.143. The minimum atomic E-state index is -0.206. The molecule has 0 amide bonds. The van der Waals surface area contributed by atoms with Crippen molar-refractivity contribution in [1.82, 2.24) is 0 Å². The van der Waals surface area contributed by atoms with Crippen molar-refractivity contribution in [3.05, 3.63) is 29.8 Å². The van der Waals surface area contributed by atoms with Crippen LogP contribution in [0.25, 0.3) is 0 Å². The van der Waals surface area contributed by atoms with Crippen LogP contribution in [-0.4, -0.2) is 25.0 Å². The monoisotopic (exact) mass is 278 g/mol. The molecule has 0 aromatic heterocycles. The Morgan fingerprint density at radius 3 is 2.65 bits per heavy atom. The Hall–Kier alpha value is -1.84. The zero-order chi connectivity index (χ0) is 14.8. The molecular formula is C16H22O4. The van der Waals surface area contributed by atoms with Gasteiger partial charge in [-0.2, -0.15) is 0 Å². The largest absolute Gasteiger partial charge is 0.494 e. The molecular weight excluding hydrogens is 256 g/mol. The predicted octanol–water partition coefficient (Wildman–Crippen LogP) is 3.39. The molecule has 1 aromatic rings. The van der Waals surface area contributed by atoms with Crippen LogP contribution in [0.5, 0.6) is 5.75 Å². The Morgan fingerprint density at radius 1 is 1.15 bits per heavy atom. The fourth-order valence-corrected chi connectivity index (χ4v) is 1.77. The summed E-state index contributed by atoms with van der Waals surface area (Å²) in [5.41, 5.74) is 0.676. The summed E-state index contributed by atoms with van der Waals surface area (Å²) in [7, 11) is 0. The van der Waals surface area contributed by atoms with Crippen molar-refractivity contribution >= 4 is 11.8 Å². The van der Waals surface area contributed by atoms with Crippen molar-refractivity contribution in [1.29, 1.82) is 0 Å². The quantitative estimate of drug-likeness (QED) is 0.395. The van der Waals surface area contributed by atoms with Gasteiger partial charge in [0.2, 0.25) is 0 Å². The number of Topliss-reactive ketones (excluding diaryl/α,β-unsaturated/α-hetero) is 1. The molecule has 4 nitrogen and oxygen atoms in total. The van der Waals surface area contributed by atoms with Gasteiger partial charge in [-0.15, -0.1) is 0 Å². The van der Waals surface area contributed by atoms with Crippen molar-refractivity contribution in [2.45, 2.75) is 39.5 Å². The SMILES string of the molecule is CCCC(=O)c1cccc(OCCCC(=O)OCC)c1. The van der Waals surface area contributed by atoms with E-state index in [-0.39, 0.29) is 11.8 Å². The van der Waals surface area contributed by atoms with E-state index in [4.69, 9.17) is 9.47 Å². The average molecular weight is 278 g/mol. The van der Waals surface area contributed by atoms with Crippen molar-refractivity contribution < 1.29 is 19.1 Å². The molecule has 0 aliphatic rings. The number of hydrogen-bond donors (Lipinski definition) is 0. The number of ether oxygens (including phenoxy) is 2. The number of carbonyl (C=O) groups is 2. The zero-order valence-electron chi connectivity index (χ0n) is 12.2. The van der Waals surface area contributed by atoms with Crippen LogP contribution in [0.4, 0.5) is 0 Å². The molecule has 110 valence electrons. The van der Waals surface area contributed by atoms with Gasteiger partial charge < -0.3 is 9.47 Å². The van der Waals surface area contributed by atoms with Gasteiger partial charge in [0.05, 0.1) is 13.2 Å². The summed E-state index contributed by atoms with van der Waals surface area (Å²) in [6.45, 7) is 4.60. The highest BCUT2D eigenvalue weighted by Crippen LogP contribution is 2.15. The number of benzene rings is 1. The van der Waals surface area contributed by atoms with Crippen molar-refractivity contribution in [3.63, 3.8) is 0 Å². The predicted molar refractivity (Wildman–Crippen MR) is 77.0 cm³/mol.